The maximum absolute atomic E-state index is 11.8. The lowest BCUT2D eigenvalue weighted by Gasteiger charge is -2.36. The molecule has 1 N–H and O–H groups in total. The maximum Gasteiger partial charge on any atom is 0.328 e. The normalized spacial score (nSPS) is 16.5. The Hall–Kier alpha value is -1.79. The van der Waals surface area contributed by atoms with Crippen molar-refractivity contribution in [3.8, 4) is 0 Å². The second kappa shape index (κ2) is 8.00. The van der Waals surface area contributed by atoms with Gasteiger partial charge in [-0.05, 0) is 27.7 Å². The first-order valence-corrected chi connectivity index (χ1v) is 7.73. The number of guanidine groups is 1. The summed E-state index contributed by atoms with van der Waals surface area (Å²) >= 11 is 0. The number of aliphatic imine (C=N–C) groups is 1. The van der Waals surface area contributed by atoms with Gasteiger partial charge in [0.1, 0.15) is 12.1 Å². The number of nitrogens with one attached hydrogen (secondary N) is 1. The Bertz CT molecular complexity index is 421. The van der Waals surface area contributed by atoms with Crippen LogP contribution >= 0.6 is 0 Å². The molecule has 1 aliphatic rings. The van der Waals surface area contributed by atoms with E-state index in [4.69, 9.17) is 4.74 Å². The number of hydrogen-bond donors (Lipinski definition) is 1. The number of esters is 1. The minimum atomic E-state index is -0.502. The van der Waals surface area contributed by atoms with Gasteiger partial charge in [-0.2, -0.15) is 0 Å². The minimum Gasteiger partial charge on any atom is -0.459 e. The fourth-order valence-corrected chi connectivity index (χ4v) is 2.17. The molecule has 22 heavy (non-hydrogen) atoms. The Balaban J connectivity index is 2.60. The van der Waals surface area contributed by atoms with Gasteiger partial charge in [-0.1, -0.05) is 0 Å². The molecule has 0 aromatic rings. The minimum absolute atomic E-state index is 0.00741. The van der Waals surface area contributed by atoms with Crippen molar-refractivity contribution >= 4 is 17.8 Å². The fourth-order valence-electron chi connectivity index (χ4n) is 2.17. The topological polar surface area (TPSA) is 74.2 Å². The highest BCUT2D eigenvalue weighted by molar-refractivity contribution is 5.83. The summed E-state index contributed by atoms with van der Waals surface area (Å²) < 4.78 is 5.26. The lowest BCUT2D eigenvalue weighted by atomic mass is 10.2. The molecule has 0 spiro atoms. The van der Waals surface area contributed by atoms with Crippen LogP contribution in [0.1, 0.15) is 34.6 Å². The van der Waals surface area contributed by atoms with Crippen LogP contribution in [0.5, 0.6) is 0 Å². The van der Waals surface area contributed by atoms with E-state index >= 15 is 0 Å². The number of carbonyl (C=O) groups is 2. The molecule has 1 amide bonds. The molecule has 0 aromatic carbocycles. The van der Waals surface area contributed by atoms with Gasteiger partial charge in [-0.15, -0.1) is 0 Å². The smallest absolute Gasteiger partial charge is 0.328 e. The van der Waals surface area contributed by atoms with E-state index in [1.807, 2.05) is 32.6 Å². The third-order valence-corrected chi connectivity index (χ3v) is 3.14. The van der Waals surface area contributed by atoms with E-state index in [1.54, 1.807) is 6.92 Å². The van der Waals surface area contributed by atoms with Crippen molar-refractivity contribution in [1.29, 1.82) is 0 Å². The van der Waals surface area contributed by atoms with Crippen molar-refractivity contribution in [1.82, 2.24) is 15.1 Å². The molecule has 1 rings (SSSR count). The zero-order valence-corrected chi connectivity index (χ0v) is 14.3. The summed E-state index contributed by atoms with van der Waals surface area (Å²) in [4.78, 5) is 31.3. The highest BCUT2D eigenvalue weighted by atomic mass is 16.6. The van der Waals surface area contributed by atoms with Crippen molar-refractivity contribution in [2.75, 3.05) is 39.3 Å². The van der Waals surface area contributed by atoms with Crippen LogP contribution in [-0.4, -0.2) is 72.5 Å². The predicted octanol–water partition coefficient (Wildman–Crippen LogP) is 0.458. The van der Waals surface area contributed by atoms with Crippen LogP contribution in [0.25, 0.3) is 0 Å². The van der Waals surface area contributed by atoms with E-state index < -0.39 is 5.60 Å². The summed E-state index contributed by atoms with van der Waals surface area (Å²) in [5.41, 5.74) is -0.502. The van der Waals surface area contributed by atoms with Gasteiger partial charge in [-0.3, -0.25) is 9.59 Å². The first kappa shape index (κ1) is 18.3. The van der Waals surface area contributed by atoms with Gasteiger partial charge < -0.3 is 19.9 Å². The second-order valence-electron chi connectivity index (χ2n) is 6.25. The Labute approximate surface area is 132 Å². The van der Waals surface area contributed by atoms with Crippen LogP contribution < -0.4 is 5.32 Å². The number of hydrogen-bond acceptors (Lipinski definition) is 4. The summed E-state index contributed by atoms with van der Waals surface area (Å²) in [6.07, 6.45) is 0. The van der Waals surface area contributed by atoms with Gasteiger partial charge in [0, 0.05) is 39.6 Å². The molecule has 126 valence electrons. The van der Waals surface area contributed by atoms with Crippen LogP contribution in [-0.2, 0) is 14.3 Å². The molecule has 7 heteroatoms. The molecule has 0 aromatic heterocycles. The SMILES string of the molecule is CCNC(=NCC(=O)OC(C)(C)C)N1CCN(C(C)=O)CC1. The number of rotatable bonds is 3. The van der Waals surface area contributed by atoms with Gasteiger partial charge in [0.2, 0.25) is 5.91 Å². The first-order valence-electron chi connectivity index (χ1n) is 7.73. The van der Waals surface area contributed by atoms with E-state index in [9.17, 15) is 9.59 Å². The van der Waals surface area contributed by atoms with Crippen LogP contribution in [0.4, 0.5) is 0 Å². The largest absolute Gasteiger partial charge is 0.459 e. The lowest BCUT2D eigenvalue weighted by molar-refractivity contribution is -0.152. The number of carbonyl (C=O) groups excluding carboxylic acids is 2. The van der Waals surface area contributed by atoms with Gasteiger partial charge in [0.15, 0.2) is 5.96 Å². The second-order valence-corrected chi connectivity index (χ2v) is 6.25. The molecule has 0 aliphatic carbocycles. The zero-order valence-electron chi connectivity index (χ0n) is 14.3. The molecule has 0 bridgehead atoms. The first-order chi connectivity index (χ1) is 10.2. The Morgan fingerprint density at radius 2 is 1.68 bits per heavy atom. The lowest BCUT2D eigenvalue weighted by Crippen LogP contribution is -2.53. The summed E-state index contributed by atoms with van der Waals surface area (Å²) in [6, 6.07) is 0. The standard InChI is InChI=1S/C15H28N4O3/c1-6-16-14(17-11-13(21)22-15(3,4)5)19-9-7-18(8-10-19)12(2)20/h6-11H2,1-5H3,(H,16,17). The average molecular weight is 312 g/mol. The highest BCUT2D eigenvalue weighted by Crippen LogP contribution is 2.07. The Morgan fingerprint density at radius 3 is 2.14 bits per heavy atom. The van der Waals surface area contributed by atoms with Crippen LogP contribution in [0.15, 0.2) is 4.99 Å². The summed E-state index contributed by atoms with van der Waals surface area (Å²) in [6.45, 7) is 12.5. The zero-order chi connectivity index (χ0) is 16.8. The molecule has 1 aliphatic heterocycles. The van der Waals surface area contributed by atoms with Gasteiger partial charge in [0.05, 0.1) is 0 Å². The third kappa shape index (κ3) is 6.32. The fraction of sp³-hybridized carbons (Fsp3) is 0.800. The van der Waals surface area contributed by atoms with Crippen molar-refractivity contribution < 1.29 is 14.3 Å². The molecule has 1 fully saturated rings. The Morgan fingerprint density at radius 1 is 1.14 bits per heavy atom. The summed E-state index contributed by atoms with van der Waals surface area (Å²) in [5, 5.41) is 3.18. The van der Waals surface area contributed by atoms with Crippen molar-refractivity contribution in [3.05, 3.63) is 0 Å². The monoisotopic (exact) mass is 312 g/mol. The molecule has 0 unspecified atom stereocenters. The van der Waals surface area contributed by atoms with Crippen LogP contribution in [0, 0.1) is 0 Å². The van der Waals surface area contributed by atoms with Crippen molar-refractivity contribution in [2.45, 2.75) is 40.2 Å². The molecule has 7 nitrogen and oxygen atoms in total. The van der Waals surface area contributed by atoms with Crippen molar-refractivity contribution in [3.63, 3.8) is 0 Å². The third-order valence-electron chi connectivity index (χ3n) is 3.14. The van der Waals surface area contributed by atoms with Crippen LogP contribution in [0.2, 0.25) is 0 Å². The predicted molar refractivity (Wildman–Crippen MR) is 85.7 cm³/mol. The van der Waals surface area contributed by atoms with Crippen molar-refractivity contribution in [2.24, 2.45) is 4.99 Å². The molecule has 1 heterocycles. The number of nitrogens with zero attached hydrogens (tertiary/aromatic N) is 3. The van der Waals surface area contributed by atoms with E-state index in [0.29, 0.717) is 32.1 Å². The highest BCUT2D eigenvalue weighted by Gasteiger charge is 2.21. The summed E-state index contributed by atoms with van der Waals surface area (Å²) in [5.74, 6) is 0.442. The average Bonchev–Trinajstić information content (AvgIpc) is 2.41. The molecule has 0 saturated carbocycles. The molecule has 1 saturated heterocycles. The molecule has 0 radical (unpaired) electrons. The van der Waals surface area contributed by atoms with Gasteiger partial charge in [0.25, 0.3) is 0 Å². The van der Waals surface area contributed by atoms with Gasteiger partial charge in [-0.25, -0.2) is 4.99 Å². The maximum atomic E-state index is 11.8. The van der Waals surface area contributed by atoms with E-state index in [1.165, 1.54) is 0 Å². The van der Waals surface area contributed by atoms with Crippen LogP contribution in [0.3, 0.4) is 0 Å². The molecular weight excluding hydrogens is 284 g/mol. The molecular formula is C15H28N4O3. The quantitative estimate of drug-likeness (QED) is 0.465. The van der Waals surface area contributed by atoms with Gasteiger partial charge >= 0.3 is 5.97 Å². The number of ether oxygens (including phenoxy) is 1. The molecule has 0 atom stereocenters. The summed E-state index contributed by atoms with van der Waals surface area (Å²) in [7, 11) is 0. The number of amides is 1. The Kier molecular flexibility index (Phi) is 6.64. The van der Waals surface area contributed by atoms with E-state index in [-0.39, 0.29) is 18.4 Å². The van der Waals surface area contributed by atoms with E-state index in [2.05, 4.69) is 15.2 Å². The number of piperazine rings is 1. The van der Waals surface area contributed by atoms with E-state index in [0.717, 1.165) is 6.54 Å².